The fourth-order valence-corrected chi connectivity index (χ4v) is 4.19. The molecule has 0 spiro atoms. The van der Waals surface area contributed by atoms with Crippen LogP contribution in [0.25, 0.3) is 0 Å². The Bertz CT molecular complexity index is 1230. The van der Waals surface area contributed by atoms with Gasteiger partial charge in [-0.15, -0.1) is 0 Å². The van der Waals surface area contributed by atoms with Crippen molar-refractivity contribution >= 4 is 18.0 Å². The van der Waals surface area contributed by atoms with Crippen molar-refractivity contribution in [3.63, 3.8) is 0 Å². The third kappa shape index (κ3) is 6.67. The van der Waals surface area contributed by atoms with Gasteiger partial charge in [0.15, 0.2) is 0 Å². The second kappa shape index (κ2) is 12.1. The summed E-state index contributed by atoms with van der Waals surface area (Å²) >= 11 is 0. The predicted octanol–water partition coefficient (Wildman–Crippen LogP) is 4.01. The minimum atomic E-state index is -0.910. The summed E-state index contributed by atoms with van der Waals surface area (Å²) in [4.78, 5) is 39.8. The Balaban J connectivity index is 1.52. The molecule has 1 aliphatic heterocycles. The summed E-state index contributed by atoms with van der Waals surface area (Å²) in [6, 6.07) is 22.9. The molecule has 192 valence electrons. The van der Waals surface area contributed by atoms with E-state index in [0.717, 1.165) is 22.3 Å². The molecule has 2 amide bonds. The van der Waals surface area contributed by atoms with Crippen molar-refractivity contribution in [2.75, 3.05) is 7.11 Å². The lowest BCUT2D eigenvalue weighted by molar-refractivity contribution is -0.153. The molecule has 0 bridgehead atoms. The van der Waals surface area contributed by atoms with Crippen molar-refractivity contribution < 1.29 is 28.6 Å². The van der Waals surface area contributed by atoms with E-state index in [0.29, 0.717) is 12.4 Å². The van der Waals surface area contributed by atoms with E-state index in [2.05, 4.69) is 5.32 Å². The molecule has 1 heterocycles. The monoisotopic (exact) mass is 502 g/mol. The molecule has 4 rings (SSSR count). The van der Waals surface area contributed by atoms with E-state index < -0.39 is 30.1 Å². The van der Waals surface area contributed by atoms with Gasteiger partial charge in [-0.25, -0.2) is 9.59 Å². The average molecular weight is 503 g/mol. The third-order valence-corrected chi connectivity index (χ3v) is 6.29. The Kier molecular flexibility index (Phi) is 8.40. The molecule has 3 aromatic carbocycles. The molecule has 2 atom stereocenters. The minimum Gasteiger partial charge on any atom is -0.489 e. The summed E-state index contributed by atoms with van der Waals surface area (Å²) in [6.45, 7) is 2.26. The summed E-state index contributed by atoms with van der Waals surface area (Å²) in [5.74, 6) is -0.286. The highest BCUT2D eigenvalue weighted by atomic mass is 16.5. The Morgan fingerprint density at radius 1 is 0.946 bits per heavy atom. The number of nitrogens with zero attached hydrogens (tertiary/aromatic N) is 1. The van der Waals surface area contributed by atoms with E-state index in [-0.39, 0.29) is 19.6 Å². The van der Waals surface area contributed by atoms with Crippen molar-refractivity contribution in [1.29, 1.82) is 0 Å². The van der Waals surface area contributed by atoms with Crippen molar-refractivity contribution in [2.24, 2.45) is 0 Å². The molecular weight excluding hydrogens is 472 g/mol. The number of ether oxygens (including phenoxy) is 3. The predicted molar refractivity (Wildman–Crippen MR) is 136 cm³/mol. The molecule has 0 unspecified atom stereocenters. The van der Waals surface area contributed by atoms with Crippen LogP contribution in [0.5, 0.6) is 5.75 Å². The maximum atomic E-state index is 13.5. The maximum Gasteiger partial charge on any atom is 0.408 e. The lowest BCUT2D eigenvalue weighted by Crippen LogP contribution is -2.52. The average Bonchev–Trinajstić information content (AvgIpc) is 3.07. The molecule has 37 heavy (non-hydrogen) atoms. The largest absolute Gasteiger partial charge is 0.489 e. The number of amides is 2. The van der Waals surface area contributed by atoms with E-state index >= 15 is 0 Å². The number of nitrogens with one attached hydrogen (secondary N) is 1. The number of hydrogen-bond acceptors (Lipinski definition) is 6. The topological polar surface area (TPSA) is 94.2 Å². The van der Waals surface area contributed by atoms with Gasteiger partial charge in [-0.2, -0.15) is 0 Å². The molecule has 1 aliphatic rings. The number of hydrogen-bond donors (Lipinski definition) is 1. The summed E-state index contributed by atoms with van der Waals surface area (Å²) < 4.78 is 16.2. The first-order valence-corrected chi connectivity index (χ1v) is 12.1. The van der Waals surface area contributed by atoms with Gasteiger partial charge in [-0.1, -0.05) is 66.7 Å². The van der Waals surface area contributed by atoms with Gasteiger partial charge in [0.25, 0.3) is 0 Å². The van der Waals surface area contributed by atoms with Gasteiger partial charge in [0.1, 0.15) is 31.0 Å². The number of benzene rings is 3. The highest BCUT2D eigenvalue weighted by Crippen LogP contribution is 2.26. The molecule has 0 aromatic heterocycles. The maximum absolute atomic E-state index is 13.5. The number of alkyl carbamates (subject to hydrolysis) is 1. The van der Waals surface area contributed by atoms with E-state index in [4.69, 9.17) is 14.2 Å². The minimum absolute atomic E-state index is 0.0779. The van der Waals surface area contributed by atoms with Gasteiger partial charge >= 0.3 is 12.1 Å². The van der Waals surface area contributed by atoms with Gasteiger partial charge in [-0.3, -0.25) is 4.79 Å². The number of carbonyl (C=O) groups is 3. The van der Waals surface area contributed by atoms with Gasteiger partial charge in [0, 0.05) is 13.0 Å². The first kappa shape index (κ1) is 25.8. The van der Waals surface area contributed by atoms with Crippen LogP contribution in [0.1, 0.15) is 29.2 Å². The fraction of sp³-hybridized carbons (Fsp3) is 0.276. The second-order valence-electron chi connectivity index (χ2n) is 8.83. The Morgan fingerprint density at radius 3 is 2.24 bits per heavy atom. The lowest BCUT2D eigenvalue weighted by atomic mass is 10.0. The van der Waals surface area contributed by atoms with Crippen molar-refractivity contribution in [3.8, 4) is 5.75 Å². The SMILES string of the molecule is COC(=O)[C@H](C)N1Cc2cc(OCc3ccccc3)ccc2C[C@H](NC(=O)OCc2ccccc2)C1=O. The van der Waals surface area contributed by atoms with E-state index in [1.807, 2.05) is 78.9 Å². The lowest BCUT2D eigenvalue weighted by Gasteiger charge is -2.29. The Hall–Kier alpha value is -4.33. The summed E-state index contributed by atoms with van der Waals surface area (Å²) in [5, 5.41) is 2.69. The fourth-order valence-electron chi connectivity index (χ4n) is 4.19. The van der Waals surface area contributed by atoms with Crippen LogP contribution in [0, 0.1) is 0 Å². The van der Waals surface area contributed by atoms with Crippen molar-refractivity contribution in [2.45, 2.75) is 45.2 Å². The Morgan fingerprint density at radius 2 is 1.59 bits per heavy atom. The number of fused-ring (bicyclic) bond motifs is 1. The van der Waals surface area contributed by atoms with Crippen LogP contribution in [-0.2, 0) is 45.2 Å². The zero-order valence-corrected chi connectivity index (χ0v) is 20.9. The summed E-state index contributed by atoms with van der Waals surface area (Å²) in [5.41, 5.74) is 3.57. The third-order valence-electron chi connectivity index (χ3n) is 6.29. The second-order valence-corrected chi connectivity index (χ2v) is 8.83. The van der Waals surface area contributed by atoms with Gasteiger partial charge in [0.05, 0.1) is 7.11 Å². The first-order chi connectivity index (χ1) is 17.9. The molecule has 0 aliphatic carbocycles. The molecule has 3 aromatic rings. The molecule has 0 saturated carbocycles. The molecule has 1 N–H and O–H groups in total. The van der Waals surface area contributed by atoms with Crippen LogP contribution in [0.2, 0.25) is 0 Å². The van der Waals surface area contributed by atoms with Crippen molar-refractivity contribution in [1.82, 2.24) is 10.2 Å². The van der Waals surface area contributed by atoms with Gasteiger partial charge in [0.2, 0.25) is 5.91 Å². The van der Waals surface area contributed by atoms with Crippen LogP contribution in [-0.4, -0.2) is 42.1 Å². The van der Waals surface area contributed by atoms with E-state index in [1.165, 1.54) is 12.0 Å². The smallest absolute Gasteiger partial charge is 0.408 e. The molecular formula is C29H30N2O6. The van der Waals surface area contributed by atoms with Crippen molar-refractivity contribution in [3.05, 3.63) is 101 Å². The number of esters is 1. The van der Waals surface area contributed by atoms with Crippen LogP contribution in [0.15, 0.2) is 78.9 Å². The van der Waals surface area contributed by atoms with E-state index in [9.17, 15) is 14.4 Å². The summed E-state index contributed by atoms with van der Waals surface area (Å²) in [6.07, 6.45) is -0.461. The Labute approximate surface area is 216 Å². The zero-order chi connectivity index (χ0) is 26.2. The normalized spacial score (nSPS) is 15.7. The standard InChI is InChI=1S/C29H30N2O6/c1-20(28(33)35-2)31-17-24-15-25(36-18-21-9-5-3-6-10-21)14-13-23(24)16-26(27(31)32)30-29(34)37-19-22-11-7-4-8-12-22/h3-15,20,26H,16-19H2,1-2H3,(H,30,34)/t20-,26-/m0/s1. The van der Waals surface area contributed by atoms with Crippen LogP contribution in [0.4, 0.5) is 4.79 Å². The van der Waals surface area contributed by atoms with Gasteiger partial charge < -0.3 is 24.4 Å². The molecule has 8 nitrogen and oxygen atoms in total. The highest BCUT2D eigenvalue weighted by Gasteiger charge is 2.36. The molecule has 0 saturated heterocycles. The van der Waals surface area contributed by atoms with Gasteiger partial charge in [-0.05, 0) is 41.3 Å². The summed E-state index contributed by atoms with van der Waals surface area (Å²) in [7, 11) is 1.28. The van der Waals surface area contributed by atoms with Crippen LogP contribution < -0.4 is 10.1 Å². The zero-order valence-electron chi connectivity index (χ0n) is 20.9. The van der Waals surface area contributed by atoms with Crippen LogP contribution in [0.3, 0.4) is 0 Å². The molecule has 0 radical (unpaired) electrons. The molecule has 8 heteroatoms. The number of rotatable bonds is 8. The number of carbonyl (C=O) groups excluding carboxylic acids is 3. The quantitative estimate of drug-likeness (QED) is 0.468. The first-order valence-electron chi connectivity index (χ1n) is 12.1. The number of methoxy groups -OCH3 is 1. The van der Waals surface area contributed by atoms with Crippen LogP contribution >= 0.6 is 0 Å². The molecule has 0 fully saturated rings. The van der Waals surface area contributed by atoms with E-state index in [1.54, 1.807) is 6.92 Å². The highest BCUT2D eigenvalue weighted by molar-refractivity contribution is 5.90.